The molecule has 0 unspecified atom stereocenters. The fourth-order valence-corrected chi connectivity index (χ4v) is 3.76. The Bertz CT molecular complexity index is 849. The van der Waals surface area contributed by atoms with Crippen molar-refractivity contribution in [3.05, 3.63) is 41.7 Å². The van der Waals surface area contributed by atoms with Gasteiger partial charge in [-0.2, -0.15) is 0 Å². The van der Waals surface area contributed by atoms with E-state index in [1.807, 2.05) is 37.3 Å². The van der Waals surface area contributed by atoms with Gasteiger partial charge >= 0.3 is 0 Å². The molecule has 0 aliphatic heterocycles. The minimum Gasteiger partial charge on any atom is -0.378 e. The van der Waals surface area contributed by atoms with Gasteiger partial charge in [-0.3, -0.25) is 10.1 Å². The molecule has 1 aromatic carbocycles. The van der Waals surface area contributed by atoms with Crippen LogP contribution in [0, 0.1) is 0 Å². The maximum Gasteiger partial charge on any atom is 0.280 e. The fraction of sp³-hybridized carbons (Fsp3) is 0.267. The molecule has 0 radical (unpaired) electrons. The summed E-state index contributed by atoms with van der Waals surface area (Å²) in [7, 11) is 1.56. The second-order valence-electron chi connectivity index (χ2n) is 4.83. The van der Waals surface area contributed by atoms with Crippen molar-refractivity contribution in [2.24, 2.45) is 0 Å². The Morgan fingerprint density at radius 2 is 2.08 bits per heavy atom. The van der Waals surface area contributed by atoms with Crippen molar-refractivity contribution in [1.29, 1.82) is 0 Å². The minimum atomic E-state index is -0.390. The first-order chi connectivity index (χ1) is 12.2. The van der Waals surface area contributed by atoms with E-state index in [2.05, 4.69) is 25.8 Å². The highest BCUT2D eigenvalue weighted by molar-refractivity contribution is 8.01. The first kappa shape index (κ1) is 17.5. The molecule has 10 heteroatoms. The van der Waals surface area contributed by atoms with Crippen LogP contribution in [0.5, 0.6) is 0 Å². The summed E-state index contributed by atoms with van der Waals surface area (Å²) in [6.07, 6.45) is 0. The smallest absolute Gasteiger partial charge is 0.280 e. The molecule has 1 amide bonds. The van der Waals surface area contributed by atoms with E-state index in [1.165, 1.54) is 11.3 Å². The normalized spacial score (nSPS) is 10.8. The van der Waals surface area contributed by atoms with Crippen LogP contribution in [0.15, 0.2) is 34.7 Å². The van der Waals surface area contributed by atoms with Gasteiger partial charge in [0, 0.05) is 7.11 Å². The van der Waals surface area contributed by atoms with Crippen molar-refractivity contribution in [3.63, 3.8) is 0 Å². The molecule has 0 aliphatic carbocycles. The van der Waals surface area contributed by atoms with Gasteiger partial charge in [-0.15, -0.1) is 15.3 Å². The lowest BCUT2D eigenvalue weighted by Crippen LogP contribution is -2.16. The maximum absolute atomic E-state index is 12.6. The standard InChI is InChI=1S/C15H16N6O2S2/c1-3-24-15-19-18-14(25-15)16-13(22)12-11(9-23-2)21(20-17-12)10-7-5-4-6-8-10/h4-8H,3,9H2,1-2H3,(H,16,18,22). The van der Waals surface area contributed by atoms with E-state index < -0.39 is 5.91 Å². The topological polar surface area (TPSA) is 94.8 Å². The summed E-state index contributed by atoms with van der Waals surface area (Å²) in [5.74, 6) is 0.504. The van der Waals surface area contributed by atoms with Gasteiger partial charge in [0.1, 0.15) is 5.69 Å². The van der Waals surface area contributed by atoms with Crippen LogP contribution in [0.1, 0.15) is 23.1 Å². The number of carbonyl (C=O) groups is 1. The lowest BCUT2D eigenvalue weighted by Gasteiger charge is -2.06. The number of benzene rings is 1. The SMILES string of the molecule is CCSc1nnc(NC(=O)c2nnn(-c3ccccc3)c2COC)s1. The third kappa shape index (κ3) is 4.03. The molecule has 3 aromatic rings. The molecule has 0 saturated heterocycles. The molecular weight excluding hydrogens is 360 g/mol. The zero-order chi connectivity index (χ0) is 17.6. The zero-order valence-electron chi connectivity index (χ0n) is 13.7. The van der Waals surface area contributed by atoms with Gasteiger partial charge in [-0.25, -0.2) is 4.68 Å². The fourth-order valence-electron chi connectivity index (χ4n) is 2.12. The van der Waals surface area contributed by atoms with E-state index in [9.17, 15) is 4.79 Å². The van der Waals surface area contributed by atoms with Crippen LogP contribution in [-0.4, -0.2) is 44.0 Å². The molecule has 0 fully saturated rings. The number of para-hydroxylation sites is 1. The van der Waals surface area contributed by atoms with Gasteiger partial charge in [-0.1, -0.05) is 53.4 Å². The molecule has 0 saturated carbocycles. The second kappa shape index (κ2) is 8.19. The van der Waals surface area contributed by atoms with E-state index in [0.717, 1.165) is 15.8 Å². The van der Waals surface area contributed by atoms with Crippen LogP contribution in [0.4, 0.5) is 5.13 Å². The summed E-state index contributed by atoms with van der Waals surface area (Å²) in [4.78, 5) is 12.6. The van der Waals surface area contributed by atoms with Gasteiger partial charge in [0.15, 0.2) is 10.0 Å². The zero-order valence-corrected chi connectivity index (χ0v) is 15.3. The Morgan fingerprint density at radius 3 is 2.80 bits per heavy atom. The average molecular weight is 376 g/mol. The van der Waals surface area contributed by atoms with Crippen LogP contribution in [0.25, 0.3) is 5.69 Å². The van der Waals surface area contributed by atoms with Crippen LogP contribution in [0.2, 0.25) is 0 Å². The molecule has 3 rings (SSSR count). The monoisotopic (exact) mass is 376 g/mol. The molecular formula is C15H16N6O2S2. The van der Waals surface area contributed by atoms with Crippen molar-refractivity contribution in [2.75, 3.05) is 18.2 Å². The summed E-state index contributed by atoms with van der Waals surface area (Å²) in [5, 5.41) is 19.3. The molecule has 0 spiro atoms. The van der Waals surface area contributed by atoms with Crippen molar-refractivity contribution in [1.82, 2.24) is 25.2 Å². The minimum absolute atomic E-state index is 0.200. The van der Waals surface area contributed by atoms with Crippen LogP contribution >= 0.6 is 23.1 Å². The van der Waals surface area contributed by atoms with Gasteiger partial charge in [-0.05, 0) is 17.9 Å². The molecule has 130 valence electrons. The number of methoxy groups -OCH3 is 1. The third-order valence-electron chi connectivity index (χ3n) is 3.15. The van der Waals surface area contributed by atoms with Gasteiger partial charge < -0.3 is 4.74 Å². The highest BCUT2D eigenvalue weighted by Gasteiger charge is 2.21. The number of hydrogen-bond acceptors (Lipinski definition) is 8. The Hall–Kier alpha value is -2.30. The highest BCUT2D eigenvalue weighted by atomic mass is 32.2. The first-order valence-corrected chi connectivity index (χ1v) is 9.29. The number of thioether (sulfide) groups is 1. The van der Waals surface area contributed by atoms with Gasteiger partial charge in [0.25, 0.3) is 5.91 Å². The summed E-state index contributed by atoms with van der Waals surface area (Å²) in [6.45, 7) is 2.24. The molecule has 0 bridgehead atoms. The maximum atomic E-state index is 12.6. The molecule has 1 N–H and O–H groups in total. The average Bonchev–Trinajstić information content (AvgIpc) is 3.23. The quantitative estimate of drug-likeness (QED) is 0.500. The molecule has 25 heavy (non-hydrogen) atoms. The van der Waals surface area contributed by atoms with Crippen LogP contribution < -0.4 is 5.32 Å². The lowest BCUT2D eigenvalue weighted by atomic mass is 10.2. The number of hydrogen-bond donors (Lipinski definition) is 1. The number of aromatic nitrogens is 5. The lowest BCUT2D eigenvalue weighted by molar-refractivity contribution is 0.101. The van der Waals surface area contributed by atoms with E-state index in [4.69, 9.17) is 4.74 Å². The summed E-state index contributed by atoms with van der Waals surface area (Å²) < 4.78 is 7.62. The van der Waals surface area contributed by atoms with E-state index in [0.29, 0.717) is 10.8 Å². The van der Waals surface area contributed by atoms with Crippen LogP contribution in [0.3, 0.4) is 0 Å². The van der Waals surface area contributed by atoms with E-state index in [1.54, 1.807) is 23.6 Å². The van der Waals surface area contributed by atoms with E-state index in [-0.39, 0.29) is 12.3 Å². The van der Waals surface area contributed by atoms with Crippen molar-refractivity contribution in [3.8, 4) is 5.69 Å². The van der Waals surface area contributed by atoms with E-state index >= 15 is 0 Å². The molecule has 8 nitrogen and oxygen atoms in total. The Balaban J connectivity index is 1.85. The molecule has 2 aromatic heterocycles. The summed E-state index contributed by atoms with van der Waals surface area (Å²) >= 11 is 2.90. The number of carbonyl (C=O) groups excluding carboxylic acids is 1. The van der Waals surface area contributed by atoms with Crippen molar-refractivity contribution in [2.45, 2.75) is 17.9 Å². The number of rotatable bonds is 7. The Kier molecular flexibility index (Phi) is 5.74. The number of nitrogens with zero attached hydrogens (tertiary/aromatic N) is 5. The number of ether oxygens (including phenoxy) is 1. The second-order valence-corrected chi connectivity index (χ2v) is 7.31. The Labute approximate surface area is 152 Å². The molecule has 0 atom stereocenters. The summed E-state index contributed by atoms with van der Waals surface area (Å²) in [5.41, 5.74) is 1.57. The predicted molar refractivity (Wildman–Crippen MR) is 96.3 cm³/mol. The number of nitrogens with one attached hydrogen (secondary N) is 1. The summed E-state index contributed by atoms with van der Waals surface area (Å²) in [6, 6.07) is 9.46. The first-order valence-electron chi connectivity index (χ1n) is 7.49. The Morgan fingerprint density at radius 1 is 1.28 bits per heavy atom. The largest absolute Gasteiger partial charge is 0.378 e. The molecule has 2 heterocycles. The van der Waals surface area contributed by atoms with Crippen molar-refractivity contribution < 1.29 is 9.53 Å². The highest BCUT2D eigenvalue weighted by Crippen LogP contribution is 2.25. The number of amides is 1. The van der Waals surface area contributed by atoms with Crippen molar-refractivity contribution >= 4 is 34.1 Å². The van der Waals surface area contributed by atoms with Crippen LogP contribution in [-0.2, 0) is 11.3 Å². The number of anilines is 1. The molecule has 0 aliphatic rings. The van der Waals surface area contributed by atoms with Gasteiger partial charge in [0.2, 0.25) is 5.13 Å². The predicted octanol–water partition coefficient (Wildman–Crippen LogP) is 2.63. The van der Waals surface area contributed by atoms with Gasteiger partial charge in [0.05, 0.1) is 12.3 Å². The third-order valence-corrected chi connectivity index (χ3v) is 5.01.